The lowest BCUT2D eigenvalue weighted by molar-refractivity contribution is 0.374. The van der Waals surface area contributed by atoms with Crippen LogP contribution in [0.1, 0.15) is 19.4 Å². The Hall–Kier alpha value is -1.38. The minimum atomic E-state index is 0.103. The summed E-state index contributed by atoms with van der Waals surface area (Å²) in [6, 6.07) is 15.0. The molecule has 0 atom stereocenters. The number of nitrogens with one attached hydrogen (secondary N) is 2. The molecule has 0 unspecified atom stereocenters. The molecule has 2 aromatic rings. The topological polar surface area (TPSA) is 24.1 Å². The van der Waals surface area contributed by atoms with Crippen molar-refractivity contribution < 1.29 is 0 Å². The molecule has 0 aliphatic carbocycles. The summed E-state index contributed by atoms with van der Waals surface area (Å²) in [7, 11) is 1.99. The van der Waals surface area contributed by atoms with Crippen LogP contribution in [0.2, 0.25) is 0 Å². The van der Waals surface area contributed by atoms with E-state index in [0.717, 1.165) is 13.1 Å². The standard InChI is InChI=1S/C16H22N2/c1-16(2,12-17-3)18-11-14-9-6-8-13-7-4-5-10-15(13)14/h4-10,17-18H,11-12H2,1-3H3. The van der Waals surface area contributed by atoms with E-state index in [2.05, 4.69) is 66.9 Å². The molecule has 96 valence electrons. The Morgan fingerprint density at radius 1 is 1.00 bits per heavy atom. The third-order valence-corrected chi connectivity index (χ3v) is 3.26. The zero-order valence-corrected chi connectivity index (χ0v) is 11.5. The largest absolute Gasteiger partial charge is 0.318 e. The average molecular weight is 242 g/mol. The third kappa shape index (κ3) is 3.09. The zero-order valence-electron chi connectivity index (χ0n) is 11.5. The summed E-state index contributed by atoms with van der Waals surface area (Å²) in [5.74, 6) is 0. The molecule has 0 aliphatic heterocycles. The summed E-state index contributed by atoms with van der Waals surface area (Å²) in [6.45, 7) is 6.29. The maximum Gasteiger partial charge on any atom is 0.0252 e. The fourth-order valence-corrected chi connectivity index (χ4v) is 2.29. The molecule has 0 saturated carbocycles. The number of likely N-dealkylation sites (N-methyl/N-ethyl adjacent to an activating group) is 1. The van der Waals surface area contributed by atoms with Crippen LogP contribution >= 0.6 is 0 Å². The summed E-state index contributed by atoms with van der Waals surface area (Å²) in [5, 5.41) is 9.47. The minimum absolute atomic E-state index is 0.103. The number of hydrogen-bond donors (Lipinski definition) is 2. The van der Waals surface area contributed by atoms with Crippen molar-refractivity contribution in [2.24, 2.45) is 0 Å². The second-order valence-corrected chi connectivity index (χ2v) is 5.41. The Balaban J connectivity index is 2.17. The predicted octanol–water partition coefficient (Wildman–Crippen LogP) is 2.93. The quantitative estimate of drug-likeness (QED) is 0.842. The smallest absolute Gasteiger partial charge is 0.0252 e. The predicted molar refractivity (Wildman–Crippen MR) is 78.8 cm³/mol. The van der Waals surface area contributed by atoms with Gasteiger partial charge in [0, 0.05) is 18.6 Å². The van der Waals surface area contributed by atoms with Crippen molar-refractivity contribution in [1.82, 2.24) is 10.6 Å². The highest BCUT2D eigenvalue weighted by Gasteiger charge is 2.15. The molecular formula is C16H22N2. The van der Waals surface area contributed by atoms with Crippen LogP contribution < -0.4 is 10.6 Å². The maximum absolute atomic E-state index is 3.61. The van der Waals surface area contributed by atoms with Gasteiger partial charge in [-0.3, -0.25) is 0 Å². The number of rotatable bonds is 5. The van der Waals surface area contributed by atoms with Crippen LogP contribution in [0.25, 0.3) is 10.8 Å². The first-order chi connectivity index (χ1) is 8.62. The molecular weight excluding hydrogens is 220 g/mol. The molecule has 2 N–H and O–H groups in total. The Morgan fingerprint density at radius 2 is 1.72 bits per heavy atom. The number of hydrogen-bond acceptors (Lipinski definition) is 2. The van der Waals surface area contributed by atoms with Gasteiger partial charge in [-0.15, -0.1) is 0 Å². The molecule has 2 heteroatoms. The molecule has 0 aliphatic rings. The molecule has 0 heterocycles. The Labute approximate surface area is 109 Å². The van der Waals surface area contributed by atoms with E-state index in [1.807, 2.05) is 7.05 Å². The lowest BCUT2D eigenvalue weighted by Gasteiger charge is -2.26. The van der Waals surface area contributed by atoms with Gasteiger partial charge in [0.2, 0.25) is 0 Å². The van der Waals surface area contributed by atoms with E-state index in [0.29, 0.717) is 0 Å². The van der Waals surface area contributed by atoms with Gasteiger partial charge in [-0.25, -0.2) is 0 Å². The molecule has 0 fully saturated rings. The number of fused-ring (bicyclic) bond motifs is 1. The lowest BCUT2D eigenvalue weighted by atomic mass is 10.0. The van der Waals surface area contributed by atoms with E-state index in [4.69, 9.17) is 0 Å². The SMILES string of the molecule is CNCC(C)(C)NCc1cccc2ccccc12. The van der Waals surface area contributed by atoms with Gasteiger partial charge >= 0.3 is 0 Å². The molecule has 0 radical (unpaired) electrons. The summed E-state index contributed by atoms with van der Waals surface area (Å²) in [6.07, 6.45) is 0. The fourth-order valence-electron chi connectivity index (χ4n) is 2.29. The van der Waals surface area contributed by atoms with Gasteiger partial charge in [-0.2, -0.15) is 0 Å². The summed E-state index contributed by atoms with van der Waals surface area (Å²) >= 11 is 0. The molecule has 2 rings (SSSR count). The second kappa shape index (κ2) is 5.51. The van der Waals surface area contributed by atoms with Crippen molar-refractivity contribution in [2.75, 3.05) is 13.6 Å². The van der Waals surface area contributed by atoms with E-state index in [9.17, 15) is 0 Å². The third-order valence-electron chi connectivity index (χ3n) is 3.26. The highest BCUT2D eigenvalue weighted by atomic mass is 15.0. The molecule has 2 aromatic carbocycles. The van der Waals surface area contributed by atoms with Gasteiger partial charge in [-0.1, -0.05) is 42.5 Å². The van der Waals surface area contributed by atoms with Crippen LogP contribution in [-0.4, -0.2) is 19.1 Å². The summed E-state index contributed by atoms with van der Waals surface area (Å²) in [4.78, 5) is 0. The van der Waals surface area contributed by atoms with Gasteiger partial charge in [0.1, 0.15) is 0 Å². The monoisotopic (exact) mass is 242 g/mol. The fraction of sp³-hybridized carbons (Fsp3) is 0.375. The highest BCUT2D eigenvalue weighted by molar-refractivity contribution is 5.85. The van der Waals surface area contributed by atoms with Gasteiger partial charge < -0.3 is 10.6 Å². The van der Waals surface area contributed by atoms with Crippen LogP contribution in [0, 0.1) is 0 Å². The lowest BCUT2D eigenvalue weighted by Crippen LogP contribution is -2.46. The van der Waals surface area contributed by atoms with Crippen molar-refractivity contribution in [2.45, 2.75) is 25.9 Å². The Kier molecular flexibility index (Phi) is 4.00. The molecule has 18 heavy (non-hydrogen) atoms. The van der Waals surface area contributed by atoms with Gasteiger partial charge in [-0.05, 0) is 37.2 Å². The molecule has 0 bridgehead atoms. The zero-order chi connectivity index (χ0) is 13.0. The van der Waals surface area contributed by atoms with Crippen molar-refractivity contribution in [3.63, 3.8) is 0 Å². The van der Waals surface area contributed by atoms with Gasteiger partial charge in [0.05, 0.1) is 0 Å². The van der Waals surface area contributed by atoms with Crippen molar-refractivity contribution in [3.05, 3.63) is 48.0 Å². The normalized spacial score (nSPS) is 11.9. The van der Waals surface area contributed by atoms with Crippen LogP contribution in [0.5, 0.6) is 0 Å². The van der Waals surface area contributed by atoms with E-state index >= 15 is 0 Å². The number of benzene rings is 2. The van der Waals surface area contributed by atoms with Crippen LogP contribution in [0.15, 0.2) is 42.5 Å². The van der Waals surface area contributed by atoms with Gasteiger partial charge in [0.15, 0.2) is 0 Å². The molecule has 0 spiro atoms. The summed E-state index contributed by atoms with van der Waals surface area (Å²) < 4.78 is 0. The van der Waals surface area contributed by atoms with Crippen molar-refractivity contribution >= 4 is 10.8 Å². The Bertz CT molecular complexity index is 512. The van der Waals surface area contributed by atoms with Crippen molar-refractivity contribution in [1.29, 1.82) is 0 Å². The molecule has 0 saturated heterocycles. The second-order valence-electron chi connectivity index (χ2n) is 5.41. The van der Waals surface area contributed by atoms with E-state index in [-0.39, 0.29) is 5.54 Å². The van der Waals surface area contributed by atoms with Crippen LogP contribution in [0.3, 0.4) is 0 Å². The minimum Gasteiger partial charge on any atom is -0.318 e. The van der Waals surface area contributed by atoms with Crippen molar-refractivity contribution in [3.8, 4) is 0 Å². The highest BCUT2D eigenvalue weighted by Crippen LogP contribution is 2.18. The van der Waals surface area contributed by atoms with E-state index in [1.54, 1.807) is 0 Å². The first-order valence-corrected chi connectivity index (χ1v) is 6.49. The Morgan fingerprint density at radius 3 is 2.50 bits per heavy atom. The van der Waals surface area contributed by atoms with Crippen LogP contribution in [0.4, 0.5) is 0 Å². The van der Waals surface area contributed by atoms with Crippen LogP contribution in [-0.2, 0) is 6.54 Å². The van der Waals surface area contributed by atoms with E-state index in [1.165, 1.54) is 16.3 Å². The summed E-state index contributed by atoms with van der Waals surface area (Å²) in [5.41, 5.74) is 1.46. The maximum atomic E-state index is 3.61. The molecule has 0 amide bonds. The molecule has 2 nitrogen and oxygen atoms in total. The molecule has 0 aromatic heterocycles. The first-order valence-electron chi connectivity index (χ1n) is 6.49. The first kappa shape index (κ1) is 13.1. The average Bonchev–Trinajstić information content (AvgIpc) is 2.36. The van der Waals surface area contributed by atoms with Gasteiger partial charge in [0.25, 0.3) is 0 Å². The van der Waals surface area contributed by atoms with E-state index < -0.39 is 0 Å².